The number of hydrogen-bond donors (Lipinski definition) is 0. The first-order valence-electron chi connectivity index (χ1n) is 12.2. The molecule has 6 nitrogen and oxygen atoms in total. The van der Waals surface area contributed by atoms with E-state index in [0.717, 1.165) is 44.1 Å². The number of nitrogens with zero attached hydrogens (tertiary/aromatic N) is 1. The number of esters is 1. The molecule has 202 valence electrons. The molecule has 1 unspecified atom stereocenters. The van der Waals surface area contributed by atoms with E-state index in [2.05, 4.69) is 15.9 Å². The van der Waals surface area contributed by atoms with E-state index in [1.807, 2.05) is 89.2 Å². The zero-order chi connectivity index (χ0) is 28.0. The molecule has 3 aromatic carbocycles. The fourth-order valence-corrected chi connectivity index (χ4v) is 5.60. The maximum atomic E-state index is 13.0. The third-order valence-corrected chi connectivity index (χ3v) is 7.98. The summed E-state index contributed by atoms with van der Waals surface area (Å²) in [4.78, 5) is 12.8. The Labute approximate surface area is 234 Å². The van der Waals surface area contributed by atoms with Crippen LogP contribution in [0.1, 0.15) is 33.4 Å². The Morgan fingerprint density at radius 1 is 0.947 bits per heavy atom. The predicted molar refractivity (Wildman–Crippen MR) is 157 cm³/mol. The van der Waals surface area contributed by atoms with E-state index in [1.54, 1.807) is 6.08 Å². The van der Waals surface area contributed by atoms with Crippen LogP contribution in [0.3, 0.4) is 0 Å². The summed E-state index contributed by atoms with van der Waals surface area (Å²) in [5.74, 6) is 0.0229. The average molecular weight is 601 g/mol. The van der Waals surface area contributed by atoms with E-state index in [-0.39, 0.29) is 13.2 Å². The summed E-state index contributed by atoms with van der Waals surface area (Å²) in [6.07, 6.45) is 3.30. The number of halogens is 1. The Bertz CT molecular complexity index is 1430. The average Bonchev–Trinajstić information content (AvgIpc) is 2.81. The molecule has 0 heterocycles. The molecule has 0 N–H and O–H groups in total. The van der Waals surface area contributed by atoms with E-state index in [1.165, 1.54) is 10.4 Å². The van der Waals surface area contributed by atoms with Gasteiger partial charge in [0.15, 0.2) is 6.10 Å². The van der Waals surface area contributed by atoms with Crippen molar-refractivity contribution in [3.05, 3.63) is 98.5 Å². The predicted octanol–water partition coefficient (Wildman–Crippen LogP) is 6.46. The quantitative estimate of drug-likeness (QED) is 0.197. The molecule has 0 spiro atoms. The molecule has 0 saturated heterocycles. The van der Waals surface area contributed by atoms with Gasteiger partial charge in [-0.2, -0.15) is 0 Å². The van der Waals surface area contributed by atoms with Gasteiger partial charge in [0.05, 0.1) is 18.5 Å². The van der Waals surface area contributed by atoms with Crippen molar-refractivity contribution < 1.29 is 22.7 Å². The van der Waals surface area contributed by atoms with Crippen LogP contribution in [-0.4, -0.2) is 39.9 Å². The number of ether oxygens (including phenoxy) is 2. The SMILES string of the molecule is Cc1cccc(OCC(CN(c2c(C)cc(C)cc2C)S(C)(=O)=O)OC(=O)/C=C/c2ccc(Br)c(C)c2)c1. The van der Waals surface area contributed by atoms with E-state index >= 15 is 0 Å². The molecular formula is C30H34BrNO5S. The normalized spacial score (nSPS) is 12.4. The number of rotatable bonds is 10. The van der Waals surface area contributed by atoms with Gasteiger partial charge >= 0.3 is 5.97 Å². The zero-order valence-electron chi connectivity index (χ0n) is 22.6. The standard InChI is InChI=1S/C30H34BrNO5S/c1-20-8-7-9-26(16-20)36-19-27(37-29(33)13-11-25-10-12-28(31)22(3)17-25)18-32(38(6,34)35)30-23(4)14-21(2)15-24(30)5/h7-17,27H,18-19H2,1-6H3/b13-11+. The molecule has 3 rings (SSSR count). The number of aryl methyl sites for hydroxylation is 5. The number of sulfonamides is 1. The van der Waals surface area contributed by atoms with Crippen LogP contribution in [0, 0.1) is 34.6 Å². The Balaban J connectivity index is 1.89. The Kier molecular flexibility index (Phi) is 9.79. The van der Waals surface area contributed by atoms with Gasteiger partial charge in [-0.25, -0.2) is 13.2 Å². The van der Waals surface area contributed by atoms with Gasteiger partial charge < -0.3 is 9.47 Å². The molecule has 0 saturated carbocycles. The van der Waals surface area contributed by atoms with E-state index < -0.39 is 22.1 Å². The lowest BCUT2D eigenvalue weighted by Gasteiger charge is -2.30. The first-order chi connectivity index (χ1) is 17.8. The summed E-state index contributed by atoms with van der Waals surface area (Å²) in [7, 11) is -3.70. The monoisotopic (exact) mass is 599 g/mol. The van der Waals surface area contributed by atoms with Crippen LogP contribution in [0.4, 0.5) is 5.69 Å². The van der Waals surface area contributed by atoms with Gasteiger partial charge in [-0.1, -0.05) is 57.9 Å². The van der Waals surface area contributed by atoms with Gasteiger partial charge in [0.2, 0.25) is 10.0 Å². The van der Waals surface area contributed by atoms with Gasteiger partial charge in [0, 0.05) is 10.5 Å². The fraction of sp³-hybridized carbons (Fsp3) is 0.300. The molecule has 8 heteroatoms. The van der Waals surface area contributed by atoms with Crippen LogP contribution in [-0.2, 0) is 19.6 Å². The lowest BCUT2D eigenvalue weighted by atomic mass is 10.0. The van der Waals surface area contributed by atoms with Crippen molar-refractivity contribution in [1.82, 2.24) is 0 Å². The third kappa shape index (κ3) is 8.20. The molecule has 0 amide bonds. The van der Waals surface area contributed by atoms with Crippen molar-refractivity contribution >= 4 is 43.7 Å². The Morgan fingerprint density at radius 3 is 2.24 bits per heavy atom. The summed E-state index contributed by atoms with van der Waals surface area (Å²) < 4.78 is 39.9. The minimum absolute atomic E-state index is 0.0175. The number of anilines is 1. The van der Waals surface area contributed by atoms with Crippen LogP contribution in [0.5, 0.6) is 5.75 Å². The first kappa shape index (κ1) is 29.5. The zero-order valence-corrected chi connectivity index (χ0v) is 25.0. The first-order valence-corrected chi connectivity index (χ1v) is 14.9. The molecule has 0 bridgehead atoms. The van der Waals surface area contributed by atoms with E-state index in [4.69, 9.17) is 9.47 Å². The van der Waals surface area contributed by atoms with Crippen LogP contribution in [0.15, 0.2) is 65.1 Å². The van der Waals surface area contributed by atoms with Gasteiger partial charge in [0.1, 0.15) is 12.4 Å². The highest BCUT2D eigenvalue weighted by atomic mass is 79.9. The van der Waals surface area contributed by atoms with Gasteiger partial charge in [-0.15, -0.1) is 0 Å². The largest absolute Gasteiger partial charge is 0.490 e. The summed E-state index contributed by atoms with van der Waals surface area (Å²) in [5.41, 5.74) is 6.17. The second-order valence-corrected chi connectivity index (χ2v) is 12.3. The Hall–Kier alpha value is -3.10. The second-order valence-electron chi connectivity index (χ2n) is 9.57. The van der Waals surface area contributed by atoms with Crippen molar-refractivity contribution in [2.45, 2.75) is 40.7 Å². The topological polar surface area (TPSA) is 72.9 Å². The van der Waals surface area contributed by atoms with Crippen LogP contribution >= 0.6 is 15.9 Å². The maximum Gasteiger partial charge on any atom is 0.331 e. The van der Waals surface area contributed by atoms with Crippen molar-refractivity contribution in [2.75, 3.05) is 23.7 Å². The molecule has 38 heavy (non-hydrogen) atoms. The van der Waals surface area contributed by atoms with Crippen molar-refractivity contribution in [3.63, 3.8) is 0 Å². The summed E-state index contributed by atoms with van der Waals surface area (Å²) in [6.45, 7) is 9.53. The molecule has 1 atom stereocenters. The van der Waals surface area contributed by atoms with E-state index in [0.29, 0.717) is 11.4 Å². The maximum absolute atomic E-state index is 13.0. The molecule has 3 aromatic rings. The van der Waals surface area contributed by atoms with Gasteiger partial charge in [-0.05, 0) is 86.7 Å². The van der Waals surface area contributed by atoms with Gasteiger partial charge in [0.25, 0.3) is 0 Å². The molecule has 0 fully saturated rings. The molecule has 0 aliphatic heterocycles. The molecule has 0 aromatic heterocycles. The second kappa shape index (κ2) is 12.6. The van der Waals surface area contributed by atoms with Crippen molar-refractivity contribution in [3.8, 4) is 5.75 Å². The number of hydrogen-bond acceptors (Lipinski definition) is 5. The summed E-state index contributed by atoms with van der Waals surface area (Å²) in [5, 5.41) is 0. The van der Waals surface area contributed by atoms with Crippen LogP contribution in [0.25, 0.3) is 6.08 Å². The fourth-order valence-electron chi connectivity index (χ4n) is 4.30. The number of carbonyl (C=O) groups excluding carboxylic acids is 1. The van der Waals surface area contributed by atoms with Gasteiger partial charge in [-0.3, -0.25) is 4.31 Å². The number of benzene rings is 3. The minimum Gasteiger partial charge on any atom is -0.490 e. The third-order valence-electron chi connectivity index (χ3n) is 5.96. The molecular weight excluding hydrogens is 566 g/mol. The summed E-state index contributed by atoms with van der Waals surface area (Å²) in [6, 6.07) is 17.1. The molecule has 0 aliphatic carbocycles. The van der Waals surface area contributed by atoms with Crippen molar-refractivity contribution in [2.24, 2.45) is 0 Å². The molecule has 0 aliphatic rings. The Morgan fingerprint density at radius 2 is 1.63 bits per heavy atom. The van der Waals surface area contributed by atoms with Crippen LogP contribution in [0.2, 0.25) is 0 Å². The summed E-state index contributed by atoms with van der Waals surface area (Å²) >= 11 is 3.47. The van der Waals surface area contributed by atoms with Crippen LogP contribution < -0.4 is 9.04 Å². The van der Waals surface area contributed by atoms with Crippen molar-refractivity contribution in [1.29, 1.82) is 0 Å². The minimum atomic E-state index is -3.70. The van der Waals surface area contributed by atoms with E-state index in [9.17, 15) is 13.2 Å². The number of carbonyl (C=O) groups is 1. The highest BCUT2D eigenvalue weighted by Gasteiger charge is 2.27. The lowest BCUT2D eigenvalue weighted by molar-refractivity contribution is -0.143. The lowest BCUT2D eigenvalue weighted by Crippen LogP contribution is -2.42. The molecule has 0 radical (unpaired) electrons. The smallest absolute Gasteiger partial charge is 0.331 e. The highest BCUT2D eigenvalue weighted by Crippen LogP contribution is 2.29. The highest BCUT2D eigenvalue weighted by molar-refractivity contribution is 9.10.